The first-order valence-electron chi connectivity index (χ1n) is 7.22. The van der Waals surface area contributed by atoms with E-state index in [4.69, 9.17) is 13.3 Å². The molecule has 0 N–H and O–H groups in total. The van der Waals surface area contributed by atoms with Crippen LogP contribution in [0.25, 0.3) is 0 Å². The topological polar surface area (TPSA) is 27.7 Å². The first-order chi connectivity index (χ1) is 8.31. The maximum Gasteiger partial charge on any atom is 0.501 e. The Morgan fingerprint density at radius 3 is 1.53 bits per heavy atom. The van der Waals surface area contributed by atoms with Crippen LogP contribution in [0.3, 0.4) is 0 Å². The molecule has 0 spiro atoms. The molecule has 0 radical (unpaired) electrons. The van der Waals surface area contributed by atoms with Gasteiger partial charge in [-0.05, 0) is 49.5 Å². The second-order valence-electron chi connectivity index (χ2n) is 5.92. The smallest absolute Gasteiger partial charge is 0.374 e. The fraction of sp³-hybridized carbons (Fsp3) is 1.00. The zero-order valence-electron chi connectivity index (χ0n) is 13.3. The van der Waals surface area contributed by atoms with E-state index < -0.39 is 8.80 Å². The fourth-order valence-corrected chi connectivity index (χ4v) is 5.89. The quantitative estimate of drug-likeness (QED) is 0.581. The second kappa shape index (κ2) is 10.1. The minimum absolute atomic E-state index is 0. The Bertz CT molecular complexity index is 204. The predicted molar refractivity (Wildman–Crippen MR) is 90.0 cm³/mol. The van der Waals surface area contributed by atoms with Crippen molar-refractivity contribution in [3.8, 4) is 0 Å². The standard InChI is InChI=1S/C14H32O3Si.H4Si/c1-8-15-18(16-9-2,17-10-3)12-14(6,7)11-13(4)5;/h13H,8-12H2,1-7H3;1H4. The van der Waals surface area contributed by atoms with Crippen LogP contribution in [-0.2, 0) is 13.3 Å². The molecule has 0 aliphatic carbocycles. The third kappa shape index (κ3) is 8.97. The van der Waals surface area contributed by atoms with Gasteiger partial charge >= 0.3 is 8.80 Å². The molecule has 5 heteroatoms. The van der Waals surface area contributed by atoms with Crippen molar-refractivity contribution in [3.63, 3.8) is 0 Å². The van der Waals surface area contributed by atoms with Crippen LogP contribution in [0.1, 0.15) is 54.9 Å². The van der Waals surface area contributed by atoms with Gasteiger partial charge in [0.05, 0.1) is 0 Å². The summed E-state index contributed by atoms with van der Waals surface area (Å²) in [6, 6.07) is 0.897. The van der Waals surface area contributed by atoms with Crippen LogP contribution in [0.2, 0.25) is 6.04 Å². The normalized spacial score (nSPS) is 12.6. The molecule has 0 atom stereocenters. The van der Waals surface area contributed by atoms with Gasteiger partial charge in [0.2, 0.25) is 0 Å². The van der Waals surface area contributed by atoms with Gasteiger partial charge in [-0.25, -0.2) is 0 Å². The van der Waals surface area contributed by atoms with Crippen molar-refractivity contribution in [3.05, 3.63) is 0 Å². The van der Waals surface area contributed by atoms with Crippen molar-refractivity contribution in [1.29, 1.82) is 0 Å². The van der Waals surface area contributed by atoms with Gasteiger partial charge in [-0.15, -0.1) is 0 Å². The van der Waals surface area contributed by atoms with Gasteiger partial charge in [-0.2, -0.15) is 0 Å². The van der Waals surface area contributed by atoms with E-state index in [-0.39, 0.29) is 16.4 Å². The molecule has 0 saturated carbocycles. The lowest BCUT2D eigenvalue weighted by Gasteiger charge is -2.36. The molecule has 0 rings (SSSR count). The lowest BCUT2D eigenvalue weighted by molar-refractivity contribution is 0.0595. The Labute approximate surface area is 125 Å². The molecule has 3 nitrogen and oxygen atoms in total. The Hall–Kier alpha value is 0.314. The van der Waals surface area contributed by atoms with Crippen molar-refractivity contribution in [2.24, 2.45) is 11.3 Å². The largest absolute Gasteiger partial charge is 0.501 e. The molecule has 0 bridgehead atoms. The van der Waals surface area contributed by atoms with Gasteiger partial charge in [-0.1, -0.05) is 27.7 Å². The minimum Gasteiger partial charge on any atom is -0.374 e. The molecule has 0 aliphatic heterocycles. The Balaban J connectivity index is 0. The molecular weight excluding hydrogens is 272 g/mol. The summed E-state index contributed by atoms with van der Waals surface area (Å²) >= 11 is 0. The zero-order valence-corrected chi connectivity index (χ0v) is 14.3. The first kappa shape index (κ1) is 21.6. The molecule has 0 fully saturated rings. The van der Waals surface area contributed by atoms with Gasteiger partial charge in [0, 0.05) is 25.9 Å². The summed E-state index contributed by atoms with van der Waals surface area (Å²) < 4.78 is 17.8. The maximum absolute atomic E-state index is 5.92. The summed E-state index contributed by atoms with van der Waals surface area (Å²) in [5, 5.41) is 0. The molecule has 0 aromatic carbocycles. The van der Waals surface area contributed by atoms with E-state index in [1.165, 1.54) is 0 Å². The van der Waals surface area contributed by atoms with E-state index in [9.17, 15) is 0 Å². The number of hydrogen-bond acceptors (Lipinski definition) is 3. The predicted octanol–water partition coefficient (Wildman–Crippen LogP) is 2.66. The van der Waals surface area contributed by atoms with Crippen LogP contribution in [0.15, 0.2) is 0 Å². The molecule has 0 unspecified atom stereocenters. The fourth-order valence-electron chi connectivity index (χ4n) is 2.70. The highest BCUT2D eigenvalue weighted by atomic mass is 28.4. The van der Waals surface area contributed by atoms with Gasteiger partial charge < -0.3 is 13.3 Å². The lowest BCUT2D eigenvalue weighted by atomic mass is 9.86. The molecule has 0 aromatic rings. The van der Waals surface area contributed by atoms with E-state index >= 15 is 0 Å². The van der Waals surface area contributed by atoms with Crippen LogP contribution >= 0.6 is 0 Å². The van der Waals surface area contributed by atoms with Crippen LogP contribution in [0, 0.1) is 11.3 Å². The van der Waals surface area contributed by atoms with E-state index in [1.54, 1.807) is 0 Å². The third-order valence-electron chi connectivity index (χ3n) is 2.75. The van der Waals surface area contributed by atoms with Crippen LogP contribution < -0.4 is 0 Å². The van der Waals surface area contributed by atoms with Crippen molar-refractivity contribution in [1.82, 2.24) is 0 Å². The van der Waals surface area contributed by atoms with Crippen molar-refractivity contribution >= 4 is 19.8 Å². The number of rotatable bonds is 10. The summed E-state index contributed by atoms with van der Waals surface area (Å²) in [5.41, 5.74) is 0.194. The molecule has 0 aliphatic rings. The monoisotopic (exact) mass is 308 g/mol. The molecule has 0 aromatic heterocycles. The van der Waals surface area contributed by atoms with Crippen molar-refractivity contribution < 1.29 is 13.3 Å². The van der Waals surface area contributed by atoms with E-state index in [1.807, 2.05) is 20.8 Å². The molecule has 0 saturated heterocycles. The highest BCUT2D eigenvalue weighted by molar-refractivity contribution is 6.60. The van der Waals surface area contributed by atoms with Crippen LogP contribution in [0.4, 0.5) is 0 Å². The maximum atomic E-state index is 5.92. The van der Waals surface area contributed by atoms with Gasteiger partial charge in [0.15, 0.2) is 0 Å². The highest BCUT2D eigenvalue weighted by Crippen LogP contribution is 2.36. The Morgan fingerprint density at radius 1 is 0.895 bits per heavy atom. The minimum atomic E-state index is -2.50. The van der Waals surface area contributed by atoms with Gasteiger partial charge in [0.25, 0.3) is 0 Å². The van der Waals surface area contributed by atoms with Crippen molar-refractivity contribution in [2.45, 2.75) is 60.9 Å². The number of hydrogen-bond donors (Lipinski definition) is 0. The highest BCUT2D eigenvalue weighted by Gasteiger charge is 2.45. The van der Waals surface area contributed by atoms with Crippen LogP contribution in [-0.4, -0.2) is 39.6 Å². The van der Waals surface area contributed by atoms with E-state index in [2.05, 4.69) is 27.7 Å². The van der Waals surface area contributed by atoms with Gasteiger partial charge in [-0.3, -0.25) is 0 Å². The van der Waals surface area contributed by atoms with Gasteiger partial charge in [0.1, 0.15) is 0 Å². The molecule has 0 heterocycles. The summed E-state index contributed by atoms with van der Waals surface area (Å²) in [6.07, 6.45) is 1.16. The summed E-state index contributed by atoms with van der Waals surface area (Å²) in [4.78, 5) is 0. The molecule has 19 heavy (non-hydrogen) atoms. The molecule has 118 valence electrons. The van der Waals surface area contributed by atoms with Crippen molar-refractivity contribution in [2.75, 3.05) is 19.8 Å². The molecule has 0 amide bonds. The lowest BCUT2D eigenvalue weighted by Crippen LogP contribution is -2.49. The van der Waals surface area contributed by atoms with Crippen LogP contribution in [0.5, 0.6) is 0 Å². The van der Waals surface area contributed by atoms with E-state index in [0.717, 1.165) is 12.5 Å². The average molecular weight is 309 g/mol. The average Bonchev–Trinajstić information content (AvgIpc) is 2.15. The van der Waals surface area contributed by atoms with E-state index in [0.29, 0.717) is 25.7 Å². The Morgan fingerprint density at radius 2 is 1.26 bits per heavy atom. The molecular formula is C14H36O3Si2. The zero-order chi connectivity index (χ0) is 14.2. The third-order valence-corrected chi connectivity index (χ3v) is 6.32. The Kier molecular flexibility index (Phi) is 11.5. The summed E-state index contributed by atoms with van der Waals surface area (Å²) in [5.74, 6) is 0.677. The summed E-state index contributed by atoms with van der Waals surface area (Å²) in [6.45, 7) is 17.1. The SMILES string of the molecule is CCO[Si](CC(C)(C)CC(C)C)(OCC)OCC.[SiH4]. The summed E-state index contributed by atoms with van der Waals surface area (Å²) in [7, 11) is -2.50. The second-order valence-corrected chi connectivity index (χ2v) is 8.51. The first-order valence-corrected chi connectivity index (χ1v) is 9.16.